The third-order valence-corrected chi connectivity index (χ3v) is 3.37. The van der Waals surface area contributed by atoms with Crippen molar-refractivity contribution in [2.75, 3.05) is 12.4 Å². The SMILES string of the molecule is CNC(C)(C)Sc1ccc(NC(C)=O)cc1. The molecule has 0 saturated carbocycles. The van der Waals surface area contributed by atoms with Crippen LogP contribution in [0.15, 0.2) is 29.2 Å². The molecule has 2 N–H and O–H groups in total. The summed E-state index contributed by atoms with van der Waals surface area (Å²) in [5.41, 5.74) is 0.833. The average Bonchev–Trinajstić information content (AvgIpc) is 2.20. The third-order valence-electron chi connectivity index (χ3n) is 2.15. The average molecular weight is 238 g/mol. The molecule has 0 bridgehead atoms. The monoisotopic (exact) mass is 238 g/mol. The van der Waals surface area contributed by atoms with E-state index in [1.165, 1.54) is 11.8 Å². The quantitative estimate of drug-likeness (QED) is 0.626. The zero-order valence-electron chi connectivity index (χ0n) is 10.1. The molecular formula is C12H18N2OS. The number of rotatable bonds is 4. The van der Waals surface area contributed by atoms with E-state index in [4.69, 9.17) is 0 Å². The predicted octanol–water partition coefficient (Wildman–Crippen LogP) is 2.69. The Kier molecular flexibility index (Phi) is 4.38. The number of nitrogens with one attached hydrogen (secondary N) is 2. The highest BCUT2D eigenvalue weighted by Crippen LogP contribution is 2.30. The van der Waals surface area contributed by atoms with Gasteiger partial charge in [0.05, 0.1) is 4.87 Å². The van der Waals surface area contributed by atoms with E-state index in [9.17, 15) is 4.79 Å². The Hall–Kier alpha value is -1.00. The molecule has 16 heavy (non-hydrogen) atoms. The Morgan fingerprint density at radius 2 is 1.81 bits per heavy atom. The van der Waals surface area contributed by atoms with Gasteiger partial charge in [-0.25, -0.2) is 0 Å². The first-order valence-electron chi connectivity index (χ1n) is 5.18. The van der Waals surface area contributed by atoms with Gasteiger partial charge in [-0.2, -0.15) is 0 Å². The molecule has 0 saturated heterocycles. The fraction of sp³-hybridized carbons (Fsp3) is 0.417. The van der Waals surface area contributed by atoms with Crippen LogP contribution in [0.25, 0.3) is 0 Å². The standard InChI is InChI=1S/C12H18N2OS/c1-9(15)14-10-5-7-11(8-6-10)16-12(2,3)13-4/h5-8,13H,1-4H3,(H,14,15). The molecule has 0 heterocycles. The van der Waals surface area contributed by atoms with Crippen LogP contribution in [0.2, 0.25) is 0 Å². The van der Waals surface area contributed by atoms with Crippen LogP contribution in [0.5, 0.6) is 0 Å². The van der Waals surface area contributed by atoms with E-state index >= 15 is 0 Å². The highest BCUT2D eigenvalue weighted by Gasteiger charge is 2.15. The van der Waals surface area contributed by atoms with Gasteiger partial charge in [0.2, 0.25) is 5.91 Å². The summed E-state index contributed by atoms with van der Waals surface area (Å²) in [5, 5.41) is 5.97. The highest BCUT2D eigenvalue weighted by molar-refractivity contribution is 8.00. The molecule has 0 radical (unpaired) electrons. The van der Waals surface area contributed by atoms with Crippen LogP contribution in [0, 0.1) is 0 Å². The summed E-state index contributed by atoms with van der Waals surface area (Å²) in [6.07, 6.45) is 0. The number of benzene rings is 1. The van der Waals surface area contributed by atoms with Crippen LogP contribution in [-0.2, 0) is 4.79 Å². The number of amides is 1. The lowest BCUT2D eigenvalue weighted by Gasteiger charge is -2.23. The van der Waals surface area contributed by atoms with E-state index in [2.05, 4.69) is 24.5 Å². The number of anilines is 1. The summed E-state index contributed by atoms with van der Waals surface area (Å²) >= 11 is 1.75. The molecule has 1 aromatic rings. The highest BCUT2D eigenvalue weighted by atomic mass is 32.2. The topological polar surface area (TPSA) is 41.1 Å². The summed E-state index contributed by atoms with van der Waals surface area (Å²) in [4.78, 5) is 12.0. The molecular weight excluding hydrogens is 220 g/mol. The number of thioether (sulfide) groups is 1. The van der Waals surface area contributed by atoms with Crippen molar-refractivity contribution >= 4 is 23.4 Å². The summed E-state index contributed by atoms with van der Waals surface area (Å²) in [7, 11) is 1.94. The lowest BCUT2D eigenvalue weighted by molar-refractivity contribution is -0.114. The van der Waals surface area contributed by atoms with Gasteiger partial charge in [-0.3, -0.25) is 4.79 Å². The first kappa shape index (κ1) is 13.1. The molecule has 1 rings (SSSR count). The second-order valence-electron chi connectivity index (χ2n) is 4.07. The van der Waals surface area contributed by atoms with E-state index in [-0.39, 0.29) is 10.8 Å². The van der Waals surface area contributed by atoms with Crippen molar-refractivity contribution < 1.29 is 4.79 Å². The summed E-state index contributed by atoms with van der Waals surface area (Å²) in [5.74, 6) is -0.0454. The fourth-order valence-corrected chi connectivity index (χ4v) is 2.12. The molecule has 0 unspecified atom stereocenters. The molecule has 4 heteroatoms. The first-order chi connectivity index (χ1) is 7.43. The third kappa shape index (κ3) is 4.24. The van der Waals surface area contributed by atoms with Gasteiger partial charge in [0.25, 0.3) is 0 Å². The molecule has 0 aliphatic rings. The smallest absolute Gasteiger partial charge is 0.221 e. The van der Waals surface area contributed by atoms with Crippen LogP contribution < -0.4 is 10.6 Å². The molecule has 1 aromatic carbocycles. The van der Waals surface area contributed by atoms with Crippen LogP contribution >= 0.6 is 11.8 Å². The Balaban J connectivity index is 2.68. The maximum absolute atomic E-state index is 10.8. The molecule has 0 aromatic heterocycles. The Morgan fingerprint density at radius 3 is 2.25 bits per heavy atom. The minimum Gasteiger partial charge on any atom is -0.326 e. The number of hydrogen-bond donors (Lipinski definition) is 2. The minimum absolute atomic E-state index is 0.00945. The van der Waals surface area contributed by atoms with Crippen LogP contribution in [-0.4, -0.2) is 17.8 Å². The lowest BCUT2D eigenvalue weighted by atomic mass is 10.3. The van der Waals surface area contributed by atoms with Crippen molar-refractivity contribution in [3.63, 3.8) is 0 Å². The summed E-state index contributed by atoms with van der Waals surface area (Å²) < 4.78 is 0. The second kappa shape index (κ2) is 5.37. The number of carbonyl (C=O) groups is 1. The lowest BCUT2D eigenvalue weighted by Crippen LogP contribution is -2.31. The molecule has 0 fully saturated rings. The molecule has 0 aliphatic carbocycles. The normalized spacial score (nSPS) is 11.2. The predicted molar refractivity (Wildman–Crippen MR) is 69.7 cm³/mol. The van der Waals surface area contributed by atoms with Crippen molar-refractivity contribution in [1.29, 1.82) is 0 Å². The van der Waals surface area contributed by atoms with E-state index in [1.807, 2.05) is 31.3 Å². The van der Waals surface area contributed by atoms with E-state index in [1.54, 1.807) is 11.8 Å². The van der Waals surface area contributed by atoms with Gasteiger partial charge in [0.1, 0.15) is 0 Å². The maximum atomic E-state index is 10.8. The number of carbonyl (C=O) groups excluding carboxylic acids is 1. The van der Waals surface area contributed by atoms with Gasteiger partial charge in [-0.1, -0.05) is 0 Å². The van der Waals surface area contributed by atoms with Crippen molar-refractivity contribution in [3.8, 4) is 0 Å². The zero-order chi connectivity index (χ0) is 12.2. The fourth-order valence-electron chi connectivity index (χ4n) is 1.16. The molecule has 0 atom stereocenters. The van der Waals surface area contributed by atoms with Gasteiger partial charge in [0, 0.05) is 17.5 Å². The first-order valence-corrected chi connectivity index (χ1v) is 6.00. The number of hydrogen-bond acceptors (Lipinski definition) is 3. The van der Waals surface area contributed by atoms with Gasteiger partial charge in [0.15, 0.2) is 0 Å². The Bertz CT molecular complexity index is 360. The van der Waals surface area contributed by atoms with Crippen LogP contribution in [0.1, 0.15) is 20.8 Å². The van der Waals surface area contributed by atoms with Crippen molar-refractivity contribution in [1.82, 2.24) is 5.32 Å². The maximum Gasteiger partial charge on any atom is 0.221 e. The Morgan fingerprint density at radius 1 is 1.25 bits per heavy atom. The van der Waals surface area contributed by atoms with Crippen LogP contribution in [0.4, 0.5) is 5.69 Å². The van der Waals surface area contributed by atoms with E-state index in [0.717, 1.165) is 5.69 Å². The molecule has 88 valence electrons. The zero-order valence-corrected chi connectivity index (χ0v) is 10.9. The van der Waals surface area contributed by atoms with Crippen LogP contribution in [0.3, 0.4) is 0 Å². The second-order valence-corrected chi connectivity index (χ2v) is 5.76. The summed E-state index contributed by atoms with van der Waals surface area (Å²) in [6.45, 7) is 5.76. The molecule has 0 spiro atoms. The molecule has 0 aliphatic heterocycles. The molecule has 3 nitrogen and oxygen atoms in total. The van der Waals surface area contributed by atoms with Crippen molar-refractivity contribution in [3.05, 3.63) is 24.3 Å². The molecule has 1 amide bonds. The summed E-state index contributed by atoms with van der Waals surface area (Å²) in [6, 6.07) is 7.84. The van der Waals surface area contributed by atoms with E-state index < -0.39 is 0 Å². The Labute approximate surface area is 101 Å². The van der Waals surface area contributed by atoms with Gasteiger partial charge >= 0.3 is 0 Å². The van der Waals surface area contributed by atoms with Crippen molar-refractivity contribution in [2.24, 2.45) is 0 Å². The van der Waals surface area contributed by atoms with Crippen molar-refractivity contribution in [2.45, 2.75) is 30.5 Å². The largest absolute Gasteiger partial charge is 0.326 e. The van der Waals surface area contributed by atoms with Gasteiger partial charge in [-0.05, 0) is 45.2 Å². The van der Waals surface area contributed by atoms with Gasteiger partial charge in [-0.15, -0.1) is 11.8 Å². The minimum atomic E-state index is -0.0454. The van der Waals surface area contributed by atoms with Gasteiger partial charge < -0.3 is 10.6 Å². The van der Waals surface area contributed by atoms with E-state index in [0.29, 0.717) is 0 Å².